The number of hydrogen-bond donors (Lipinski definition) is 2. The van der Waals surface area contributed by atoms with Gasteiger partial charge in [0, 0.05) is 15.7 Å². The second-order valence-corrected chi connectivity index (χ2v) is 4.44. The lowest BCUT2D eigenvalue weighted by Gasteiger charge is -2.08. The van der Waals surface area contributed by atoms with Gasteiger partial charge < -0.3 is 11.1 Å². The van der Waals surface area contributed by atoms with Crippen LogP contribution in [0, 0.1) is 0 Å². The average Bonchev–Trinajstić information content (AvgIpc) is 2.22. The van der Waals surface area contributed by atoms with E-state index in [-0.39, 0.29) is 5.28 Å². The van der Waals surface area contributed by atoms with Gasteiger partial charge in [-0.1, -0.05) is 23.2 Å². The van der Waals surface area contributed by atoms with E-state index in [2.05, 4.69) is 15.3 Å². The predicted octanol–water partition coefficient (Wildman–Crippen LogP) is 3.76. The van der Waals surface area contributed by atoms with Crippen molar-refractivity contribution in [2.24, 2.45) is 0 Å². The summed E-state index contributed by atoms with van der Waals surface area (Å²) in [6.45, 7) is 0. The van der Waals surface area contributed by atoms with Crippen LogP contribution in [-0.4, -0.2) is 9.97 Å². The fourth-order valence-corrected chi connectivity index (χ4v) is 1.89. The molecule has 1 aromatic carbocycles. The third kappa shape index (κ3) is 3.12. The first kappa shape index (κ1) is 12.2. The third-order valence-electron chi connectivity index (χ3n) is 1.91. The van der Waals surface area contributed by atoms with Gasteiger partial charge in [0.05, 0.1) is 11.9 Å². The molecule has 0 unspecified atom stereocenters. The molecule has 0 fully saturated rings. The number of nitrogens with zero attached hydrogens (tertiary/aromatic N) is 2. The second-order valence-electron chi connectivity index (χ2n) is 3.23. The molecule has 0 saturated carbocycles. The first-order valence-corrected chi connectivity index (χ1v) is 5.69. The minimum Gasteiger partial charge on any atom is -0.394 e. The Labute approximate surface area is 113 Å². The number of halogens is 3. The Kier molecular flexibility index (Phi) is 3.57. The minimum absolute atomic E-state index is 0.106. The molecule has 0 saturated heterocycles. The first-order valence-electron chi connectivity index (χ1n) is 4.56. The fraction of sp³-hybridized carbons (Fsp3) is 0. The van der Waals surface area contributed by atoms with E-state index < -0.39 is 0 Å². The van der Waals surface area contributed by atoms with Crippen molar-refractivity contribution in [2.75, 3.05) is 11.1 Å². The largest absolute Gasteiger partial charge is 0.394 e. The summed E-state index contributed by atoms with van der Waals surface area (Å²) in [6, 6.07) is 5.02. The van der Waals surface area contributed by atoms with Gasteiger partial charge in [-0.05, 0) is 29.8 Å². The molecule has 0 atom stereocenters. The van der Waals surface area contributed by atoms with Gasteiger partial charge in [-0.2, -0.15) is 4.98 Å². The van der Waals surface area contributed by atoms with E-state index >= 15 is 0 Å². The van der Waals surface area contributed by atoms with Gasteiger partial charge in [-0.15, -0.1) is 0 Å². The van der Waals surface area contributed by atoms with Crippen LogP contribution in [0.2, 0.25) is 15.3 Å². The number of hydrogen-bond acceptors (Lipinski definition) is 4. The molecule has 0 aliphatic carbocycles. The van der Waals surface area contributed by atoms with Crippen molar-refractivity contribution in [2.45, 2.75) is 0 Å². The molecule has 0 spiro atoms. The maximum Gasteiger partial charge on any atom is 0.224 e. The van der Waals surface area contributed by atoms with Gasteiger partial charge in [0.15, 0.2) is 5.82 Å². The summed E-state index contributed by atoms with van der Waals surface area (Å²) in [5.41, 5.74) is 6.75. The van der Waals surface area contributed by atoms with E-state index in [1.807, 2.05) is 0 Å². The standard InChI is InChI=1S/C10H7Cl3N4/c11-5-1-6(12)3-7(2-5)16-9-8(14)4-15-10(13)17-9/h1-4H,14H2,(H,15,16,17). The second kappa shape index (κ2) is 4.96. The smallest absolute Gasteiger partial charge is 0.224 e. The molecule has 17 heavy (non-hydrogen) atoms. The van der Waals surface area contributed by atoms with Crippen LogP contribution in [-0.2, 0) is 0 Å². The molecule has 2 rings (SSSR count). The third-order valence-corrected chi connectivity index (χ3v) is 2.53. The maximum absolute atomic E-state index is 5.87. The molecule has 0 bridgehead atoms. The lowest BCUT2D eigenvalue weighted by Crippen LogP contribution is -2.00. The summed E-state index contributed by atoms with van der Waals surface area (Å²) in [6.07, 6.45) is 1.42. The Morgan fingerprint density at radius 3 is 2.35 bits per heavy atom. The van der Waals surface area contributed by atoms with Crippen molar-refractivity contribution < 1.29 is 0 Å². The number of benzene rings is 1. The molecule has 3 N–H and O–H groups in total. The van der Waals surface area contributed by atoms with E-state index in [0.29, 0.717) is 27.2 Å². The molecule has 88 valence electrons. The summed E-state index contributed by atoms with van der Waals surface area (Å²) in [5.74, 6) is 0.406. The minimum atomic E-state index is 0.106. The van der Waals surface area contributed by atoms with Gasteiger partial charge in [0.2, 0.25) is 5.28 Å². The highest BCUT2D eigenvalue weighted by molar-refractivity contribution is 6.35. The number of nitrogen functional groups attached to an aromatic ring is 1. The molecule has 0 aliphatic heterocycles. The SMILES string of the molecule is Nc1cnc(Cl)nc1Nc1cc(Cl)cc(Cl)c1. The van der Waals surface area contributed by atoms with Gasteiger partial charge >= 0.3 is 0 Å². The van der Waals surface area contributed by atoms with Crippen molar-refractivity contribution in [3.05, 3.63) is 39.7 Å². The number of nitrogens with two attached hydrogens (primary N) is 1. The van der Waals surface area contributed by atoms with Crippen molar-refractivity contribution in [1.82, 2.24) is 9.97 Å². The summed E-state index contributed by atoms with van der Waals surface area (Å²) in [5, 5.41) is 4.10. The first-order chi connectivity index (χ1) is 8.04. The Morgan fingerprint density at radius 2 is 1.71 bits per heavy atom. The highest BCUT2D eigenvalue weighted by Crippen LogP contribution is 2.26. The van der Waals surface area contributed by atoms with Crippen molar-refractivity contribution in [1.29, 1.82) is 0 Å². The molecule has 1 aromatic heterocycles. The van der Waals surface area contributed by atoms with Gasteiger partial charge in [-0.3, -0.25) is 0 Å². The Morgan fingerprint density at radius 1 is 1.06 bits per heavy atom. The molecule has 0 amide bonds. The predicted molar refractivity (Wildman–Crippen MR) is 71.2 cm³/mol. The van der Waals surface area contributed by atoms with Crippen LogP contribution in [0.15, 0.2) is 24.4 Å². The summed E-state index contributed by atoms with van der Waals surface area (Å²) >= 11 is 17.4. The van der Waals surface area contributed by atoms with Crippen LogP contribution in [0.4, 0.5) is 17.2 Å². The van der Waals surface area contributed by atoms with Crippen LogP contribution in [0.25, 0.3) is 0 Å². The Hall–Kier alpha value is -1.23. The van der Waals surface area contributed by atoms with Gasteiger partial charge in [-0.25, -0.2) is 4.98 Å². The fourth-order valence-electron chi connectivity index (χ4n) is 1.23. The number of anilines is 3. The van der Waals surface area contributed by atoms with Crippen molar-refractivity contribution in [3.63, 3.8) is 0 Å². The highest BCUT2D eigenvalue weighted by Gasteiger charge is 2.05. The average molecular weight is 290 g/mol. The van der Waals surface area contributed by atoms with Crippen LogP contribution < -0.4 is 11.1 Å². The molecule has 0 aliphatic rings. The monoisotopic (exact) mass is 288 g/mol. The van der Waals surface area contributed by atoms with E-state index in [1.165, 1.54) is 6.20 Å². The Balaban J connectivity index is 2.34. The lowest BCUT2D eigenvalue weighted by atomic mass is 10.3. The zero-order valence-corrected chi connectivity index (χ0v) is 10.7. The molecular formula is C10H7Cl3N4. The lowest BCUT2D eigenvalue weighted by molar-refractivity contribution is 1.17. The number of rotatable bonds is 2. The van der Waals surface area contributed by atoms with Gasteiger partial charge in [0.1, 0.15) is 0 Å². The van der Waals surface area contributed by atoms with Crippen LogP contribution in [0.1, 0.15) is 0 Å². The van der Waals surface area contributed by atoms with Crippen LogP contribution in [0.3, 0.4) is 0 Å². The van der Waals surface area contributed by atoms with E-state index in [1.54, 1.807) is 18.2 Å². The van der Waals surface area contributed by atoms with Crippen molar-refractivity contribution >= 4 is 52.0 Å². The number of nitrogens with one attached hydrogen (secondary N) is 1. The maximum atomic E-state index is 5.87. The van der Waals surface area contributed by atoms with E-state index in [4.69, 9.17) is 40.5 Å². The molecule has 0 radical (unpaired) electrons. The molecule has 1 heterocycles. The number of aromatic nitrogens is 2. The summed E-state index contributed by atoms with van der Waals surface area (Å²) in [7, 11) is 0. The van der Waals surface area contributed by atoms with Gasteiger partial charge in [0.25, 0.3) is 0 Å². The van der Waals surface area contributed by atoms with Crippen molar-refractivity contribution in [3.8, 4) is 0 Å². The summed E-state index contributed by atoms with van der Waals surface area (Å²) in [4.78, 5) is 7.71. The molecule has 7 heteroatoms. The Bertz CT molecular complexity index is 539. The topological polar surface area (TPSA) is 63.8 Å². The van der Waals surface area contributed by atoms with E-state index in [9.17, 15) is 0 Å². The molecule has 2 aromatic rings. The van der Waals surface area contributed by atoms with E-state index in [0.717, 1.165) is 0 Å². The zero-order chi connectivity index (χ0) is 12.4. The van der Waals surface area contributed by atoms with Crippen LogP contribution in [0.5, 0.6) is 0 Å². The quantitative estimate of drug-likeness (QED) is 0.826. The van der Waals surface area contributed by atoms with Crippen LogP contribution >= 0.6 is 34.8 Å². The summed E-state index contributed by atoms with van der Waals surface area (Å²) < 4.78 is 0. The molecular weight excluding hydrogens is 282 g/mol. The zero-order valence-electron chi connectivity index (χ0n) is 8.42. The highest BCUT2D eigenvalue weighted by atomic mass is 35.5. The molecule has 4 nitrogen and oxygen atoms in total. The normalized spacial score (nSPS) is 10.3.